The van der Waals surface area contributed by atoms with Crippen molar-refractivity contribution in [1.82, 2.24) is 30.2 Å². The molecule has 22 heavy (non-hydrogen) atoms. The summed E-state index contributed by atoms with van der Waals surface area (Å²) in [4.78, 5) is 24.1. The van der Waals surface area contributed by atoms with E-state index >= 15 is 0 Å². The number of piperazine rings is 1. The van der Waals surface area contributed by atoms with E-state index in [0.29, 0.717) is 5.65 Å². The van der Waals surface area contributed by atoms with Gasteiger partial charge in [0, 0.05) is 56.5 Å². The highest BCUT2D eigenvalue weighted by Crippen LogP contribution is 2.20. The molecule has 0 aliphatic carbocycles. The number of nitrogens with one attached hydrogen (secondary N) is 1. The predicted octanol–water partition coefficient (Wildman–Crippen LogP) is 0.891. The molecule has 1 N–H and O–H groups in total. The first-order valence-corrected chi connectivity index (χ1v) is 7.26. The van der Waals surface area contributed by atoms with Crippen LogP contribution in [0.25, 0.3) is 22.4 Å². The van der Waals surface area contributed by atoms with Crippen LogP contribution in [0.15, 0.2) is 36.9 Å². The van der Waals surface area contributed by atoms with Crippen molar-refractivity contribution in [3.8, 4) is 11.3 Å². The summed E-state index contributed by atoms with van der Waals surface area (Å²) in [5, 5.41) is 3.33. The van der Waals surface area contributed by atoms with E-state index in [2.05, 4.69) is 35.1 Å². The van der Waals surface area contributed by atoms with E-state index < -0.39 is 0 Å². The Kier molecular flexibility index (Phi) is 3.32. The third kappa shape index (κ3) is 2.46. The maximum Gasteiger partial charge on any atom is 0.225 e. The van der Waals surface area contributed by atoms with Gasteiger partial charge in [-0.1, -0.05) is 0 Å². The molecule has 1 aliphatic rings. The predicted molar refractivity (Wildman–Crippen MR) is 83.4 cm³/mol. The van der Waals surface area contributed by atoms with Gasteiger partial charge in [-0.3, -0.25) is 4.98 Å². The molecule has 1 aliphatic heterocycles. The largest absolute Gasteiger partial charge is 0.338 e. The number of hydrogen-bond donors (Lipinski definition) is 1. The molecule has 3 aromatic heterocycles. The highest BCUT2D eigenvalue weighted by molar-refractivity contribution is 5.76. The van der Waals surface area contributed by atoms with Gasteiger partial charge in [-0.05, 0) is 12.1 Å². The standard InChI is InChI=1S/C15H15N7/c1-2-19-15(22-7-5-16-6-8-22)21-12(1)11-9-13-14(20-10-11)18-4-3-17-13/h1-4,9-10,16H,5-8H2. The van der Waals surface area contributed by atoms with Crippen LogP contribution < -0.4 is 10.2 Å². The average Bonchev–Trinajstić information content (AvgIpc) is 2.62. The molecule has 1 saturated heterocycles. The summed E-state index contributed by atoms with van der Waals surface area (Å²) in [6, 6.07) is 3.85. The molecule has 110 valence electrons. The minimum atomic E-state index is 0.641. The third-order valence-corrected chi connectivity index (χ3v) is 3.66. The van der Waals surface area contributed by atoms with E-state index in [1.54, 1.807) is 24.8 Å². The Bertz CT molecular complexity index is 799. The Morgan fingerprint density at radius 3 is 2.73 bits per heavy atom. The van der Waals surface area contributed by atoms with Crippen LogP contribution in [0.5, 0.6) is 0 Å². The molecule has 0 saturated carbocycles. The Hall–Kier alpha value is -2.67. The third-order valence-electron chi connectivity index (χ3n) is 3.66. The second-order valence-electron chi connectivity index (χ2n) is 5.10. The lowest BCUT2D eigenvalue weighted by molar-refractivity contribution is 0.580. The summed E-state index contributed by atoms with van der Waals surface area (Å²) in [6.07, 6.45) is 6.88. The van der Waals surface area contributed by atoms with Gasteiger partial charge in [0.1, 0.15) is 5.52 Å². The molecule has 1 fully saturated rings. The zero-order valence-electron chi connectivity index (χ0n) is 12.0. The lowest BCUT2D eigenvalue weighted by Gasteiger charge is -2.27. The van der Waals surface area contributed by atoms with Gasteiger partial charge in [-0.25, -0.2) is 19.9 Å². The molecule has 0 atom stereocenters. The van der Waals surface area contributed by atoms with Crippen molar-refractivity contribution in [2.75, 3.05) is 31.1 Å². The van der Waals surface area contributed by atoms with Crippen LogP contribution in [0.2, 0.25) is 0 Å². The minimum Gasteiger partial charge on any atom is -0.338 e. The average molecular weight is 293 g/mol. The highest BCUT2D eigenvalue weighted by Gasteiger charge is 2.14. The maximum absolute atomic E-state index is 4.67. The van der Waals surface area contributed by atoms with E-state index in [1.165, 1.54) is 0 Å². The number of fused-ring (bicyclic) bond motifs is 1. The van der Waals surface area contributed by atoms with E-state index in [4.69, 9.17) is 0 Å². The number of anilines is 1. The second-order valence-corrected chi connectivity index (χ2v) is 5.10. The van der Waals surface area contributed by atoms with Gasteiger partial charge in [0.15, 0.2) is 5.65 Å². The van der Waals surface area contributed by atoms with Gasteiger partial charge in [0.25, 0.3) is 0 Å². The Labute approximate surface area is 127 Å². The first kappa shape index (κ1) is 13.0. The van der Waals surface area contributed by atoms with Gasteiger partial charge >= 0.3 is 0 Å². The molecule has 7 heteroatoms. The fourth-order valence-corrected chi connectivity index (χ4v) is 2.52. The minimum absolute atomic E-state index is 0.641. The smallest absolute Gasteiger partial charge is 0.225 e. The van der Waals surface area contributed by atoms with Crippen LogP contribution in [-0.2, 0) is 0 Å². The molecule has 4 rings (SSSR count). The fourth-order valence-electron chi connectivity index (χ4n) is 2.52. The van der Waals surface area contributed by atoms with Crippen molar-refractivity contribution >= 4 is 17.1 Å². The Balaban J connectivity index is 1.71. The Morgan fingerprint density at radius 1 is 0.955 bits per heavy atom. The van der Waals surface area contributed by atoms with Crippen molar-refractivity contribution in [1.29, 1.82) is 0 Å². The molecule has 7 nitrogen and oxygen atoms in total. The van der Waals surface area contributed by atoms with Gasteiger partial charge in [-0.15, -0.1) is 0 Å². The van der Waals surface area contributed by atoms with Crippen molar-refractivity contribution in [3.63, 3.8) is 0 Å². The van der Waals surface area contributed by atoms with Crippen molar-refractivity contribution in [3.05, 3.63) is 36.9 Å². The summed E-state index contributed by atoms with van der Waals surface area (Å²) >= 11 is 0. The summed E-state index contributed by atoms with van der Waals surface area (Å²) in [5.41, 5.74) is 3.18. The number of hydrogen-bond acceptors (Lipinski definition) is 7. The van der Waals surface area contributed by atoms with Crippen LogP contribution in [0, 0.1) is 0 Å². The molecule has 3 aromatic rings. The molecular formula is C15H15N7. The normalized spacial score (nSPS) is 15.2. The van der Waals surface area contributed by atoms with E-state index in [-0.39, 0.29) is 0 Å². The van der Waals surface area contributed by atoms with Crippen LogP contribution in [0.3, 0.4) is 0 Å². The lowest BCUT2D eigenvalue weighted by Crippen LogP contribution is -2.44. The van der Waals surface area contributed by atoms with Gasteiger partial charge in [0.05, 0.1) is 5.69 Å². The van der Waals surface area contributed by atoms with Crippen molar-refractivity contribution in [2.24, 2.45) is 0 Å². The fraction of sp³-hybridized carbons (Fsp3) is 0.267. The van der Waals surface area contributed by atoms with Crippen LogP contribution in [0.1, 0.15) is 0 Å². The van der Waals surface area contributed by atoms with Gasteiger partial charge in [-0.2, -0.15) is 0 Å². The van der Waals surface area contributed by atoms with Crippen molar-refractivity contribution in [2.45, 2.75) is 0 Å². The lowest BCUT2D eigenvalue weighted by atomic mass is 10.2. The molecular weight excluding hydrogens is 278 g/mol. The van der Waals surface area contributed by atoms with Crippen molar-refractivity contribution < 1.29 is 0 Å². The van der Waals surface area contributed by atoms with Crippen LogP contribution in [-0.4, -0.2) is 51.1 Å². The molecule has 0 bridgehead atoms. The SMILES string of the molecule is c1cc(-c2cnc3nccnc3c2)nc(N2CCNCC2)n1. The topological polar surface area (TPSA) is 79.7 Å². The molecule has 0 spiro atoms. The zero-order valence-corrected chi connectivity index (χ0v) is 12.0. The number of aromatic nitrogens is 5. The number of pyridine rings is 1. The first-order valence-electron chi connectivity index (χ1n) is 7.26. The number of nitrogens with zero attached hydrogens (tertiary/aromatic N) is 6. The highest BCUT2D eigenvalue weighted by atomic mass is 15.3. The monoisotopic (exact) mass is 293 g/mol. The molecule has 0 radical (unpaired) electrons. The maximum atomic E-state index is 4.67. The second kappa shape index (κ2) is 5.61. The molecule has 0 aromatic carbocycles. The van der Waals surface area contributed by atoms with E-state index in [0.717, 1.165) is 48.9 Å². The number of rotatable bonds is 2. The molecule has 0 unspecified atom stereocenters. The quantitative estimate of drug-likeness (QED) is 0.751. The van der Waals surface area contributed by atoms with Gasteiger partial charge in [0.2, 0.25) is 5.95 Å². The Morgan fingerprint density at radius 2 is 1.82 bits per heavy atom. The summed E-state index contributed by atoms with van der Waals surface area (Å²) in [6.45, 7) is 3.76. The van der Waals surface area contributed by atoms with E-state index in [1.807, 2.05) is 12.1 Å². The summed E-state index contributed by atoms with van der Waals surface area (Å²) in [5.74, 6) is 0.762. The zero-order chi connectivity index (χ0) is 14.8. The summed E-state index contributed by atoms with van der Waals surface area (Å²) < 4.78 is 0. The first-order chi connectivity index (χ1) is 10.9. The molecule has 0 amide bonds. The molecule has 4 heterocycles. The van der Waals surface area contributed by atoms with E-state index in [9.17, 15) is 0 Å². The summed E-state index contributed by atoms with van der Waals surface area (Å²) in [7, 11) is 0. The van der Waals surface area contributed by atoms with Crippen LogP contribution in [0.4, 0.5) is 5.95 Å². The van der Waals surface area contributed by atoms with Crippen LogP contribution >= 0.6 is 0 Å². The van der Waals surface area contributed by atoms with Gasteiger partial charge < -0.3 is 10.2 Å².